The van der Waals surface area contributed by atoms with Crippen molar-refractivity contribution in [3.05, 3.63) is 62.5 Å². The molecule has 0 aliphatic carbocycles. The van der Waals surface area contributed by atoms with E-state index >= 15 is 0 Å². The van der Waals surface area contributed by atoms with Crippen molar-refractivity contribution in [1.82, 2.24) is 10.2 Å². The third-order valence-corrected chi connectivity index (χ3v) is 6.84. The number of benzene rings is 2. The number of nitrogens with zero attached hydrogens (tertiary/aromatic N) is 2. The molecule has 1 atom stereocenters. The second-order valence-corrected chi connectivity index (χ2v) is 10.8. The normalized spacial score (nSPS) is 12.2. The van der Waals surface area contributed by atoms with Crippen LogP contribution in [-0.2, 0) is 26.2 Å². The number of halogens is 3. The first-order chi connectivity index (χ1) is 14.9. The summed E-state index contributed by atoms with van der Waals surface area (Å²) >= 11 is 15.5. The standard InChI is InChI=1S/C21H24BrCl2N3O4S/c1-4-25-21(29)14(2)26(12-15-5-7-16(22)8-6-15)20(28)13-27(32(3,30)31)19-10-9-17(23)11-18(19)24/h5-11,14H,4,12-13H2,1-3H3,(H,25,29)/t14-/m0/s1. The van der Waals surface area contributed by atoms with Gasteiger partial charge in [-0.3, -0.25) is 13.9 Å². The van der Waals surface area contributed by atoms with Gasteiger partial charge in [0.25, 0.3) is 0 Å². The van der Waals surface area contributed by atoms with E-state index in [1.54, 1.807) is 13.8 Å². The predicted molar refractivity (Wildman–Crippen MR) is 131 cm³/mol. The Morgan fingerprint density at radius 2 is 1.75 bits per heavy atom. The highest BCUT2D eigenvalue weighted by Crippen LogP contribution is 2.30. The number of likely N-dealkylation sites (N-methyl/N-ethyl adjacent to an activating group) is 1. The van der Waals surface area contributed by atoms with E-state index in [1.807, 2.05) is 24.3 Å². The van der Waals surface area contributed by atoms with Crippen LogP contribution in [0, 0.1) is 0 Å². The number of carbonyl (C=O) groups excluding carboxylic acids is 2. The third-order valence-electron chi connectivity index (χ3n) is 4.64. The molecular weight excluding hydrogens is 541 g/mol. The quantitative estimate of drug-likeness (QED) is 0.497. The minimum absolute atomic E-state index is 0.0898. The number of anilines is 1. The molecule has 0 saturated carbocycles. The topological polar surface area (TPSA) is 86.8 Å². The second-order valence-electron chi connectivity index (χ2n) is 7.08. The van der Waals surface area contributed by atoms with Gasteiger partial charge in [-0.2, -0.15) is 0 Å². The molecule has 11 heteroatoms. The average Bonchev–Trinajstić information content (AvgIpc) is 2.71. The van der Waals surface area contributed by atoms with Gasteiger partial charge >= 0.3 is 0 Å². The third kappa shape index (κ3) is 7.10. The molecule has 7 nitrogen and oxygen atoms in total. The van der Waals surface area contributed by atoms with Gasteiger partial charge in [0.15, 0.2) is 0 Å². The van der Waals surface area contributed by atoms with E-state index in [1.165, 1.54) is 23.1 Å². The summed E-state index contributed by atoms with van der Waals surface area (Å²) in [6, 6.07) is 10.8. The van der Waals surface area contributed by atoms with Gasteiger partial charge in [-0.05, 0) is 49.7 Å². The summed E-state index contributed by atoms with van der Waals surface area (Å²) in [5.41, 5.74) is 0.911. The first-order valence-electron chi connectivity index (χ1n) is 9.68. The fourth-order valence-corrected chi connectivity index (χ4v) is 4.66. The van der Waals surface area contributed by atoms with Crippen LogP contribution in [0.25, 0.3) is 0 Å². The molecule has 0 aliphatic rings. The van der Waals surface area contributed by atoms with Crippen molar-refractivity contribution < 1.29 is 18.0 Å². The van der Waals surface area contributed by atoms with Crippen molar-refractivity contribution in [3.8, 4) is 0 Å². The SMILES string of the molecule is CCNC(=O)[C@H](C)N(Cc1ccc(Br)cc1)C(=O)CN(c1ccc(Cl)cc1Cl)S(C)(=O)=O. The summed E-state index contributed by atoms with van der Waals surface area (Å²) < 4.78 is 26.8. The molecule has 0 fully saturated rings. The van der Waals surface area contributed by atoms with Crippen LogP contribution in [0.1, 0.15) is 19.4 Å². The Balaban J connectivity index is 2.40. The number of carbonyl (C=O) groups is 2. The molecule has 2 aromatic rings. The monoisotopic (exact) mass is 563 g/mol. The fraction of sp³-hybridized carbons (Fsp3) is 0.333. The van der Waals surface area contributed by atoms with Crippen molar-refractivity contribution in [3.63, 3.8) is 0 Å². The number of hydrogen-bond donors (Lipinski definition) is 1. The number of hydrogen-bond acceptors (Lipinski definition) is 4. The van der Waals surface area contributed by atoms with Gasteiger partial charge in [0.1, 0.15) is 12.6 Å². The van der Waals surface area contributed by atoms with Crippen molar-refractivity contribution in [2.75, 3.05) is 23.7 Å². The summed E-state index contributed by atoms with van der Waals surface area (Å²) in [4.78, 5) is 27.2. The smallest absolute Gasteiger partial charge is 0.244 e. The van der Waals surface area contributed by atoms with Crippen LogP contribution in [0.5, 0.6) is 0 Å². The molecule has 0 heterocycles. The molecule has 1 N–H and O–H groups in total. The maximum Gasteiger partial charge on any atom is 0.244 e. The number of rotatable bonds is 9. The lowest BCUT2D eigenvalue weighted by Crippen LogP contribution is -2.51. The molecule has 0 radical (unpaired) electrons. The second kappa shape index (κ2) is 11.4. The number of nitrogens with one attached hydrogen (secondary N) is 1. The van der Waals surface area contributed by atoms with E-state index in [9.17, 15) is 18.0 Å². The lowest BCUT2D eigenvalue weighted by Gasteiger charge is -2.31. The van der Waals surface area contributed by atoms with Gasteiger partial charge < -0.3 is 10.2 Å². The summed E-state index contributed by atoms with van der Waals surface area (Å²) in [7, 11) is -3.86. The highest BCUT2D eigenvalue weighted by Gasteiger charge is 2.30. The zero-order valence-corrected chi connectivity index (χ0v) is 21.7. The summed E-state index contributed by atoms with van der Waals surface area (Å²) in [5.74, 6) is -0.892. The summed E-state index contributed by atoms with van der Waals surface area (Å²) in [6.07, 6.45) is 0.984. The molecule has 174 valence electrons. The van der Waals surface area contributed by atoms with E-state index in [0.29, 0.717) is 11.6 Å². The number of sulfonamides is 1. The molecule has 2 aromatic carbocycles. The van der Waals surface area contributed by atoms with Crippen LogP contribution in [0.15, 0.2) is 46.9 Å². The minimum Gasteiger partial charge on any atom is -0.355 e. The molecule has 32 heavy (non-hydrogen) atoms. The van der Waals surface area contributed by atoms with Gasteiger partial charge in [-0.25, -0.2) is 8.42 Å². The van der Waals surface area contributed by atoms with Gasteiger partial charge in [0, 0.05) is 22.6 Å². The maximum absolute atomic E-state index is 13.3. The molecule has 0 aromatic heterocycles. The highest BCUT2D eigenvalue weighted by molar-refractivity contribution is 9.10. The molecule has 2 amide bonds. The van der Waals surface area contributed by atoms with E-state index in [2.05, 4.69) is 21.2 Å². The van der Waals surface area contributed by atoms with Crippen molar-refractivity contribution in [2.24, 2.45) is 0 Å². The molecule has 0 aliphatic heterocycles. The Morgan fingerprint density at radius 1 is 1.12 bits per heavy atom. The van der Waals surface area contributed by atoms with Gasteiger partial charge in [-0.15, -0.1) is 0 Å². The summed E-state index contributed by atoms with van der Waals surface area (Å²) in [6.45, 7) is 3.37. The van der Waals surface area contributed by atoms with Crippen LogP contribution < -0.4 is 9.62 Å². The lowest BCUT2D eigenvalue weighted by molar-refractivity contribution is -0.139. The molecular formula is C21H24BrCl2N3O4S. The van der Waals surface area contributed by atoms with Crippen LogP contribution in [0.4, 0.5) is 5.69 Å². The van der Waals surface area contributed by atoms with Crippen LogP contribution in [0.2, 0.25) is 10.0 Å². The van der Waals surface area contributed by atoms with Crippen LogP contribution >= 0.6 is 39.1 Å². The average molecular weight is 565 g/mol. The first-order valence-corrected chi connectivity index (χ1v) is 13.1. The largest absolute Gasteiger partial charge is 0.355 e. The molecule has 2 rings (SSSR count). The molecule has 0 spiro atoms. The Hall–Kier alpha value is -1.81. The fourth-order valence-electron chi connectivity index (χ4n) is 2.97. The van der Waals surface area contributed by atoms with Crippen LogP contribution in [0.3, 0.4) is 0 Å². The Labute approximate surface area is 206 Å². The minimum atomic E-state index is -3.86. The first kappa shape index (κ1) is 26.4. The maximum atomic E-state index is 13.3. The van der Waals surface area contributed by atoms with E-state index in [-0.39, 0.29) is 23.2 Å². The molecule has 0 unspecified atom stereocenters. The van der Waals surface area contributed by atoms with E-state index < -0.39 is 28.5 Å². The predicted octanol–water partition coefficient (Wildman–Crippen LogP) is 4.08. The Bertz CT molecular complexity index is 1080. The van der Waals surface area contributed by atoms with E-state index in [0.717, 1.165) is 20.6 Å². The zero-order chi connectivity index (χ0) is 24.1. The summed E-state index contributed by atoms with van der Waals surface area (Å²) in [5, 5.41) is 3.12. The number of amides is 2. The van der Waals surface area contributed by atoms with E-state index in [4.69, 9.17) is 23.2 Å². The van der Waals surface area contributed by atoms with Crippen molar-refractivity contribution in [2.45, 2.75) is 26.4 Å². The van der Waals surface area contributed by atoms with Crippen LogP contribution in [-0.4, -0.2) is 50.5 Å². The van der Waals surface area contributed by atoms with Crippen molar-refractivity contribution >= 4 is 66.7 Å². The Morgan fingerprint density at radius 3 is 2.28 bits per heavy atom. The van der Waals surface area contributed by atoms with Gasteiger partial charge in [0.2, 0.25) is 21.8 Å². The highest BCUT2D eigenvalue weighted by atomic mass is 79.9. The molecule has 0 bridgehead atoms. The van der Waals surface area contributed by atoms with Gasteiger partial charge in [-0.1, -0.05) is 51.3 Å². The Kier molecular flexibility index (Phi) is 9.39. The zero-order valence-electron chi connectivity index (χ0n) is 17.8. The van der Waals surface area contributed by atoms with Gasteiger partial charge in [0.05, 0.1) is 17.0 Å². The molecule has 0 saturated heterocycles. The lowest BCUT2D eigenvalue weighted by atomic mass is 10.1. The van der Waals surface area contributed by atoms with Crippen molar-refractivity contribution in [1.29, 1.82) is 0 Å².